The van der Waals surface area contributed by atoms with E-state index in [0.717, 1.165) is 19.6 Å². The second kappa shape index (κ2) is 6.39. The molecule has 1 aromatic carbocycles. The Morgan fingerprint density at radius 1 is 1.00 bits per heavy atom. The molecule has 0 aliphatic carbocycles. The third kappa shape index (κ3) is 3.35. The molecule has 0 unspecified atom stereocenters. The Balaban J connectivity index is 0.000000461. The lowest BCUT2D eigenvalue weighted by molar-refractivity contribution is 0.345. The second-order valence-corrected chi connectivity index (χ2v) is 3.15. The van der Waals surface area contributed by atoms with Gasteiger partial charge in [-0.25, -0.2) is 0 Å². The van der Waals surface area contributed by atoms with Crippen molar-refractivity contribution in [3.05, 3.63) is 48.0 Å². The lowest BCUT2D eigenvalue weighted by atomic mass is 10.2. The van der Waals surface area contributed by atoms with Crippen LogP contribution in [0.2, 0.25) is 0 Å². The first kappa shape index (κ1) is 11.0. The van der Waals surface area contributed by atoms with Crippen molar-refractivity contribution in [1.29, 1.82) is 0 Å². The minimum atomic E-state index is 1.08. The highest BCUT2D eigenvalue weighted by molar-refractivity contribution is 5.15. The molecule has 1 aliphatic rings. The molecule has 1 heterocycles. The van der Waals surface area contributed by atoms with Gasteiger partial charge in [-0.15, -0.1) is 0 Å². The van der Waals surface area contributed by atoms with E-state index in [4.69, 9.17) is 0 Å². The largest absolute Gasteiger partial charge is 0.292 e. The quantitative estimate of drug-likeness (QED) is 0.646. The van der Waals surface area contributed by atoms with Crippen LogP contribution in [0.3, 0.4) is 0 Å². The zero-order valence-electron chi connectivity index (χ0n) is 9.11. The van der Waals surface area contributed by atoms with E-state index in [1.165, 1.54) is 5.56 Å². The van der Waals surface area contributed by atoms with Crippen LogP contribution in [-0.4, -0.2) is 18.0 Å². The van der Waals surface area contributed by atoms with Crippen LogP contribution in [0.4, 0.5) is 0 Å². The van der Waals surface area contributed by atoms with E-state index < -0.39 is 0 Å². The van der Waals surface area contributed by atoms with Crippen LogP contribution in [0.5, 0.6) is 0 Å². The van der Waals surface area contributed by atoms with Gasteiger partial charge >= 0.3 is 0 Å². The van der Waals surface area contributed by atoms with Gasteiger partial charge in [0.05, 0.1) is 0 Å². The van der Waals surface area contributed by atoms with Gasteiger partial charge in [-0.1, -0.05) is 56.3 Å². The fourth-order valence-corrected chi connectivity index (χ4v) is 1.49. The number of hydrogen-bond acceptors (Lipinski definition) is 1. The van der Waals surface area contributed by atoms with E-state index >= 15 is 0 Å². The van der Waals surface area contributed by atoms with Crippen molar-refractivity contribution in [3.63, 3.8) is 0 Å². The zero-order chi connectivity index (χ0) is 10.2. The van der Waals surface area contributed by atoms with Gasteiger partial charge in [0.1, 0.15) is 0 Å². The maximum absolute atomic E-state index is 2.41. The van der Waals surface area contributed by atoms with Crippen molar-refractivity contribution in [3.8, 4) is 0 Å². The molecule has 0 amide bonds. The number of nitrogens with zero attached hydrogens (tertiary/aromatic N) is 1. The highest BCUT2D eigenvalue weighted by Gasteiger charge is 2.05. The SMILES string of the molecule is C1=CCN(Cc2ccccc2)C1.CC. The minimum Gasteiger partial charge on any atom is -0.292 e. The topological polar surface area (TPSA) is 3.24 Å². The summed E-state index contributed by atoms with van der Waals surface area (Å²) in [5, 5.41) is 0. The summed E-state index contributed by atoms with van der Waals surface area (Å²) in [5.41, 5.74) is 1.40. The summed E-state index contributed by atoms with van der Waals surface area (Å²) in [6, 6.07) is 10.6. The van der Waals surface area contributed by atoms with Gasteiger partial charge in [0.25, 0.3) is 0 Å². The van der Waals surface area contributed by atoms with E-state index in [9.17, 15) is 0 Å². The van der Waals surface area contributed by atoms with Crippen molar-refractivity contribution in [1.82, 2.24) is 4.90 Å². The Kier molecular flexibility index (Phi) is 5.02. The molecule has 2 rings (SSSR count). The van der Waals surface area contributed by atoms with Gasteiger partial charge in [0, 0.05) is 19.6 Å². The first-order chi connectivity index (χ1) is 6.95. The van der Waals surface area contributed by atoms with Gasteiger partial charge in [0.15, 0.2) is 0 Å². The van der Waals surface area contributed by atoms with Crippen LogP contribution in [-0.2, 0) is 6.54 Å². The van der Waals surface area contributed by atoms with Crippen LogP contribution >= 0.6 is 0 Å². The van der Waals surface area contributed by atoms with E-state index in [1.54, 1.807) is 0 Å². The first-order valence-electron chi connectivity index (χ1n) is 5.36. The number of benzene rings is 1. The highest BCUT2D eigenvalue weighted by atomic mass is 15.1. The molecule has 1 aromatic rings. The van der Waals surface area contributed by atoms with Gasteiger partial charge in [-0.2, -0.15) is 0 Å². The average molecular weight is 189 g/mol. The normalized spacial score (nSPS) is 15.0. The Hall–Kier alpha value is -1.08. The predicted octanol–water partition coefficient (Wildman–Crippen LogP) is 3.08. The molecule has 1 nitrogen and oxygen atoms in total. The van der Waals surface area contributed by atoms with Crippen LogP contribution in [0.25, 0.3) is 0 Å². The lowest BCUT2D eigenvalue weighted by Crippen LogP contribution is -2.18. The molecule has 0 atom stereocenters. The highest BCUT2D eigenvalue weighted by Crippen LogP contribution is 2.06. The van der Waals surface area contributed by atoms with E-state index in [1.807, 2.05) is 13.8 Å². The van der Waals surface area contributed by atoms with E-state index in [0.29, 0.717) is 0 Å². The fraction of sp³-hybridized carbons (Fsp3) is 0.385. The van der Waals surface area contributed by atoms with Crippen molar-refractivity contribution >= 4 is 0 Å². The average Bonchev–Trinajstić information content (AvgIpc) is 2.75. The molecular weight excluding hydrogens is 170 g/mol. The predicted molar refractivity (Wildman–Crippen MR) is 62.2 cm³/mol. The van der Waals surface area contributed by atoms with Crippen LogP contribution in [0.15, 0.2) is 42.5 Å². The van der Waals surface area contributed by atoms with Crippen LogP contribution < -0.4 is 0 Å². The Morgan fingerprint density at radius 3 is 2.14 bits per heavy atom. The molecule has 1 heteroatoms. The molecule has 1 aliphatic heterocycles. The molecule has 0 spiro atoms. The summed E-state index contributed by atoms with van der Waals surface area (Å²) in [5.74, 6) is 0. The fourth-order valence-electron chi connectivity index (χ4n) is 1.49. The van der Waals surface area contributed by atoms with Crippen molar-refractivity contribution < 1.29 is 0 Å². The maximum atomic E-state index is 2.41. The molecule has 0 saturated carbocycles. The van der Waals surface area contributed by atoms with Crippen LogP contribution in [0, 0.1) is 0 Å². The van der Waals surface area contributed by atoms with Gasteiger partial charge in [-0.3, -0.25) is 4.90 Å². The number of hydrogen-bond donors (Lipinski definition) is 0. The summed E-state index contributed by atoms with van der Waals surface area (Å²) < 4.78 is 0. The lowest BCUT2D eigenvalue weighted by Gasteiger charge is -2.13. The molecule has 14 heavy (non-hydrogen) atoms. The van der Waals surface area contributed by atoms with Crippen LogP contribution in [0.1, 0.15) is 19.4 Å². The Bertz CT molecular complexity index is 256. The monoisotopic (exact) mass is 189 g/mol. The molecule has 76 valence electrons. The molecule has 0 saturated heterocycles. The first-order valence-corrected chi connectivity index (χ1v) is 5.36. The molecule has 0 fully saturated rings. The molecule has 0 bridgehead atoms. The maximum Gasteiger partial charge on any atom is 0.0240 e. The third-order valence-electron chi connectivity index (χ3n) is 2.14. The van der Waals surface area contributed by atoms with Gasteiger partial charge < -0.3 is 0 Å². The Labute approximate surface area is 87.1 Å². The molecule has 0 N–H and O–H groups in total. The summed E-state index contributed by atoms with van der Waals surface area (Å²) in [6.45, 7) is 7.29. The zero-order valence-corrected chi connectivity index (χ0v) is 9.11. The summed E-state index contributed by atoms with van der Waals surface area (Å²) in [7, 11) is 0. The molecule has 0 aromatic heterocycles. The van der Waals surface area contributed by atoms with Crippen molar-refractivity contribution in [2.24, 2.45) is 0 Å². The smallest absolute Gasteiger partial charge is 0.0240 e. The van der Waals surface area contributed by atoms with Crippen molar-refractivity contribution in [2.45, 2.75) is 20.4 Å². The van der Waals surface area contributed by atoms with Crippen molar-refractivity contribution in [2.75, 3.05) is 13.1 Å². The van der Waals surface area contributed by atoms with E-state index in [2.05, 4.69) is 47.4 Å². The van der Waals surface area contributed by atoms with Gasteiger partial charge in [0.2, 0.25) is 0 Å². The molecule has 0 radical (unpaired) electrons. The summed E-state index contributed by atoms with van der Waals surface area (Å²) in [4.78, 5) is 2.41. The second-order valence-electron chi connectivity index (χ2n) is 3.15. The van der Waals surface area contributed by atoms with Gasteiger partial charge in [-0.05, 0) is 5.56 Å². The third-order valence-corrected chi connectivity index (χ3v) is 2.14. The Morgan fingerprint density at radius 2 is 1.57 bits per heavy atom. The molecular formula is C13H19N. The summed E-state index contributed by atoms with van der Waals surface area (Å²) in [6.07, 6.45) is 4.45. The standard InChI is InChI=1S/C11H13N.C2H6/c1-2-6-11(7-3-1)10-12-8-4-5-9-12;1-2/h1-7H,8-10H2;1-2H3. The minimum absolute atomic E-state index is 1.08. The van der Waals surface area contributed by atoms with E-state index in [-0.39, 0.29) is 0 Å². The summed E-state index contributed by atoms with van der Waals surface area (Å²) >= 11 is 0. The number of rotatable bonds is 2.